The maximum atomic E-state index is 13.3. The molecule has 5 rings (SSSR count). The molecule has 0 aliphatic carbocycles. The number of amides is 1. The van der Waals surface area contributed by atoms with Gasteiger partial charge in [-0.2, -0.15) is 5.10 Å². The second-order valence-electron chi connectivity index (χ2n) is 8.25. The average Bonchev–Trinajstić information content (AvgIpc) is 3.53. The van der Waals surface area contributed by atoms with Crippen molar-refractivity contribution in [2.75, 3.05) is 20.4 Å². The summed E-state index contributed by atoms with van der Waals surface area (Å²) >= 11 is 0. The van der Waals surface area contributed by atoms with Crippen LogP contribution in [0.15, 0.2) is 70.4 Å². The van der Waals surface area contributed by atoms with Gasteiger partial charge in [0.25, 0.3) is 5.91 Å². The number of hydrazone groups is 1. The molecule has 0 saturated heterocycles. The van der Waals surface area contributed by atoms with Gasteiger partial charge >= 0.3 is 0 Å². The lowest BCUT2D eigenvalue weighted by atomic mass is 10.0. The third-order valence-electron chi connectivity index (χ3n) is 5.72. The van der Waals surface area contributed by atoms with Crippen LogP contribution < -0.4 is 9.47 Å². The first-order valence-electron chi connectivity index (χ1n) is 10.6. The summed E-state index contributed by atoms with van der Waals surface area (Å²) in [6, 6.07) is 17.6. The molecule has 0 spiro atoms. The predicted molar refractivity (Wildman–Crippen MR) is 120 cm³/mol. The Hall–Kier alpha value is -3.58. The summed E-state index contributed by atoms with van der Waals surface area (Å²) in [5.41, 5.74) is 4.15. The monoisotopic (exact) mass is 431 g/mol. The molecule has 0 unspecified atom stereocenters. The van der Waals surface area contributed by atoms with Gasteiger partial charge in [0.2, 0.25) is 6.79 Å². The molecular formula is C25H25N3O4. The highest BCUT2D eigenvalue weighted by atomic mass is 16.7. The summed E-state index contributed by atoms with van der Waals surface area (Å²) in [6.07, 6.45) is 2.25. The summed E-state index contributed by atoms with van der Waals surface area (Å²) in [7, 11) is 1.92. The summed E-state index contributed by atoms with van der Waals surface area (Å²) in [4.78, 5) is 15.2. The van der Waals surface area contributed by atoms with E-state index in [1.807, 2.05) is 54.4 Å². The van der Waals surface area contributed by atoms with Gasteiger partial charge in [0.05, 0.1) is 18.5 Å². The lowest BCUT2D eigenvalue weighted by Gasteiger charge is -2.23. The van der Waals surface area contributed by atoms with E-state index >= 15 is 0 Å². The van der Waals surface area contributed by atoms with Gasteiger partial charge in [-0.15, -0.1) is 0 Å². The zero-order valence-corrected chi connectivity index (χ0v) is 18.2. The van der Waals surface area contributed by atoms with Crippen LogP contribution in [0.1, 0.15) is 34.9 Å². The molecule has 32 heavy (non-hydrogen) atoms. The fourth-order valence-electron chi connectivity index (χ4n) is 4.07. The average molecular weight is 431 g/mol. The highest BCUT2D eigenvalue weighted by molar-refractivity contribution is 6.03. The number of nitrogens with zero attached hydrogens (tertiary/aromatic N) is 3. The first-order valence-corrected chi connectivity index (χ1v) is 10.6. The van der Waals surface area contributed by atoms with Crippen molar-refractivity contribution in [3.05, 3.63) is 83.3 Å². The number of likely N-dealkylation sites (N-methyl/N-ethyl adjacent to an activating group) is 1. The zero-order chi connectivity index (χ0) is 22.1. The Bertz CT molecular complexity index is 1140. The molecule has 0 saturated carbocycles. The summed E-state index contributed by atoms with van der Waals surface area (Å²) in [5, 5.41) is 6.28. The fraction of sp³-hybridized carbons (Fsp3) is 0.280. The number of hydrogen-bond donors (Lipinski definition) is 0. The minimum absolute atomic E-state index is 0.0724. The van der Waals surface area contributed by atoms with Gasteiger partial charge in [0.15, 0.2) is 11.5 Å². The maximum Gasteiger partial charge on any atom is 0.257 e. The van der Waals surface area contributed by atoms with E-state index in [-0.39, 0.29) is 25.3 Å². The van der Waals surface area contributed by atoms with E-state index in [2.05, 4.69) is 19.1 Å². The molecule has 7 heteroatoms. The van der Waals surface area contributed by atoms with Gasteiger partial charge in [0.1, 0.15) is 11.8 Å². The topological polar surface area (TPSA) is 67.5 Å². The minimum atomic E-state index is -0.243. The first-order chi connectivity index (χ1) is 15.6. The SMILES string of the molecule is Cc1ccc(C2=NN(C(=O)CN(C)Cc3ccc4c(c3)OCO4)[C@H](c3ccco3)C2)cc1. The van der Waals surface area contributed by atoms with E-state index in [1.165, 1.54) is 5.56 Å². The van der Waals surface area contributed by atoms with E-state index in [0.717, 1.165) is 34.1 Å². The molecule has 164 valence electrons. The van der Waals surface area contributed by atoms with Crippen LogP contribution in [-0.2, 0) is 11.3 Å². The first kappa shape index (κ1) is 20.3. The third-order valence-corrected chi connectivity index (χ3v) is 5.72. The van der Waals surface area contributed by atoms with Gasteiger partial charge in [-0.05, 0) is 49.4 Å². The summed E-state index contributed by atoms with van der Waals surface area (Å²) < 4.78 is 16.5. The van der Waals surface area contributed by atoms with E-state index in [9.17, 15) is 4.79 Å². The lowest BCUT2D eigenvalue weighted by Crippen LogP contribution is -2.36. The normalized spacial score (nSPS) is 17.2. The Morgan fingerprint density at radius 1 is 1.12 bits per heavy atom. The highest BCUT2D eigenvalue weighted by Crippen LogP contribution is 2.34. The standard InChI is InChI=1S/C25H25N3O4/c1-17-5-8-19(9-6-17)20-13-21(22-4-3-11-30-22)28(26-20)25(29)15-27(2)14-18-7-10-23-24(12-18)32-16-31-23/h3-12,21H,13-16H2,1-2H3/t21-/m0/s1. The zero-order valence-electron chi connectivity index (χ0n) is 18.2. The molecule has 0 fully saturated rings. The molecule has 0 N–H and O–H groups in total. The van der Waals surface area contributed by atoms with Crippen molar-refractivity contribution in [3.63, 3.8) is 0 Å². The number of rotatable bonds is 6. The number of aryl methyl sites for hydroxylation is 1. The number of hydrogen-bond acceptors (Lipinski definition) is 6. The van der Waals surface area contributed by atoms with E-state index in [0.29, 0.717) is 13.0 Å². The van der Waals surface area contributed by atoms with Gasteiger partial charge in [-0.25, -0.2) is 5.01 Å². The Balaban J connectivity index is 1.32. The van der Waals surface area contributed by atoms with Crippen molar-refractivity contribution in [1.82, 2.24) is 9.91 Å². The Kier molecular flexibility index (Phi) is 5.41. The van der Waals surface area contributed by atoms with Gasteiger partial charge < -0.3 is 13.9 Å². The number of carbonyl (C=O) groups excluding carboxylic acids is 1. The molecule has 2 aliphatic rings. The van der Waals surface area contributed by atoms with Gasteiger partial charge in [0, 0.05) is 13.0 Å². The number of benzene rings is 2. The van der Waals surface area contributed by atoms with E-state index in [1.54, 1.807) is 11.3 Å². The molecule has 0 radical (unpaired) electrons. The molecule has 2 aromatic carbocycles. The van der Waals surface area contributed by atoms with Gasteiger partial charge in [-0.1, -0.05) is 35.9 Å². The van der Waals surface area contributed by atoms with Crippen molar-refractivity contribution in [1.29, 1.82) is 0 Å². The van der Waals surface area contributed by atoms with Crippen LogP contribution in [0.5, 0.6) is 11.5 Å². The van der Waals surface area contributed by atoms with Crippen LogP contribution in [0.2, 0.25) is 0 Å². The summed E-state index contributed by atoms with van der Waals surface area (Å²) in [5.74, 6) is 2.16. The van der Waals surface area contributed by atoms with Crippen molar-refractivity contribution in [2.45, 2.75) is 25.9 Å². The second-order valence-corrected chi connectivity index (χ2v) is 8.25. The van der Waals surface area contributed by atoms with Crippen LogP contribution in [-0.4, -0.2) is 41.9 Å². The molecule has 1 amide bonds. The molecule has 7 nitrogen and oxygen atoms in total. The number of ether oxygens (including phenoxy) is 2. The summed E-state index contributed by atoms with van der Waals surface area (Å²) in [6.45, 7) is 3.14. The van der Waals surface area contributed by atoms with Crippen molar-refractivity contribution in [3.8, 4) is 11.5 Å². The number of carbonyl (C=O) groups is 1. The van der Waals surface area contributed by atoms with E-state index < -0.39 is 0 Å². The Morgan fingerprint density at radius 2 is 1.94 bits per heavy atom. The Morgan fingerprint density at radius 3 is 2.72 bits per heavy atom. The molecule has 3 heterocycles. The molecule has 2 aliphatic heterocycles. The Labute approximate surface area is 186 Å². The number of furan rings is 1. The predicted octanol–water partition coefficient (Wildman–Crippen LogP) is 4.13. The molecule has 1 atom stereocenters. The van der Waals surface area contributed by atoms with Crippen LogP contribution in [0.4, 0.5) is 0 Å². The van der Waals surface area contributed by atoms with E-state index in [4.69, 9.17) is 19.0 Å². The maximum absolute atomic E-state index is 13.3. The highest BCUT2D eigenvalue weighted by Gasteiger charge is 2.35. The van der Waals surface area contributed by atoms with Gasteiger partial charge in [-0.3, -0.25) is 9.69 Å². The van der Waals surface area contributed by atoms with Crippen molar-refractivity contribution >= 4 is 11.6 Å². The molecule has 1 aromatic heterocycles. The second kappa shape index (κ2) is 8.51. The lowest BCUT2D eigenvalue weighted by molar-refractivity contribution is -0.134. The molecular weight excluding hydrogens is 406 g/mol. The largest absolute Gasteiger partial charge is 0.467 e. The van der Waals surface area contributed by atoms with Crippen LogP contribution in [0.3, 0.4) is 0 Å². The third kappa shape index (κ3) is 4.11. The van der Waals surface area contributed by atoms with Crippen LogP contribution in [0.25, 0.3) is 0 Å². The fourth-order valence-corrected chi connectivity index (χ4v) is 4.07. The minimum Gasteiger partial charge on any atom is -0.467 e. The van der Waals surface area contributed by atoms with Crippen molar-refractivity contribution < 1.29 is 18.7 Å². The molecule has 3 aromatic rings. The number of fused-ring (bicyclic) bond motifs is 1. The van der Waals surface area contributed by atoms with Crippen molar-refractivity contribution in [2.24, 2.45) is 5.10 Å². The molecule has 0 bridgehead atoms. The quantitative estimate of drug-likeness (QED) is 0.587. The smallest absolute Gasteiger partial charge is 0.257 e. The van der Waals surface area contributed by atoms with Crippen LogP contribution >= 0.6 is 0 Å². The van der Waals surface area contributed by atoms with Crippen LogP contribution in [0, 0.1) is 6.92 Å².